The molecule has 4 rings (SSSR count). The van der Waals surface area contributed by atoms with E-state index in [9.17, 15) is 0 Å². The molecule has 0 saturated carbocycles. The van der Waals surface area contributed by atoms with Gasteiger partial charge in [0.25, 0.3) is 0 Å². The van der Waals surface area contributed by atoms with Crippen molar-refractivity contribution >= 4 is 5.82 Å². The Morgan fingerprint density at radius 1 is 1.00 bits per heavy atom. The summed E-state index contributed by atoms with van der Waals surface area (Å²) in [5.74, 6) is 1.44. The second-order valence-electron chi connectivity index (χ2n) is 6.52. The van der Waals surface area contributed by atoms with Crippen molar-refractivity contribution in [1.29, 1.82) is 0 Å². The minimum Gasteiger partial charge on any atom is -0.362 e. The lowest BCUT2D eigenvalue weighted by Gasteiger charge is -2.15. The van der Waals surface area contributed by atoms with E-state index in [4.69, 9.17) is 0 Å². The molecule has 1 aromatic carbocycles. The molecule has 1 N–H and O–H groups in total. The van der Waals surface area contributed by atoms with E-state index in [2.05, 4.69) is 56.9 Å². The van der Waals surface area contributed by atoms with Gasteiger partial charge in [-0.1, -0.05) is 12.1 Å². The van der Waals surface area contributed by atoms with Gasteiger partial charge in [0.15, 0.2) is 5.82 Å². The number of nitrogens with zero attached hydrogens (tertiary/aromatic N) is 6. The van der Waals surface area contributed by atoms with E-state index in [-0.39, 0.29) is 6.04 Å². The highest BCUT2D eigenvalue weighted by molar-refractivity contribution is 5.41. The number of nitrogens with one attached hydrogen (secondary N) is 1. The zero-order chi connectivity index (χ0) is 18.8. The van der Waals surface area contributed by atoms with Crippen molar-refractivity contribution in [3.63, 3.8) is 0 Å². The third kappa shape index (κ3) is 3.57. The Labute approximate surface area is 157 Å². The Bertz CT molecular complexity index is 1020. The van der Waals surface area contributed by atoms with Gasteiger partial charge in [0.1, 0.15) is 5.82 Å². The normalized spacial score (nSPS) is 12.1. The minimum atomic E-state index is 0.102. The molecular weight excluding hydrogens is 338 g/mol. The molecule has 1 unspecified atom stereocenters. The van der Waals surface area contributed by atoms with Crippen LogP contribution >= 0.6 is 0 Å². The van der Waals surface area contributed by atoms with Gasteiger partial charge in [-0.15, -0.1) is 10.2 Å². The van der Waals surface area contributed by atoms with Crippen LogP contribution in [-0.2, 0) is 0 Å². The van der Waals surface area contributed by atoms with E-state index in [1.54, 1.807) is 10.9 Å². The van der Waals surface area contributed by atoms with Crippen LogP contribution in [0, 0.1) is 13.8 Å². The Balaban J connectivity index is 1.46. The van der Waals surface area contributed by atoms with E-state index in [0.29, 0.717) is 5.82 Å². The van der Waals surface area contributed by atoms with Crippen LogP contribution in [0.2, 0.25) is 0 Å². The van der Waals surface area contributed by atoms with Gasteiger partial charge in [-0.05, 0) is 62.7 Å². The monoisotopic (exact) mass is 359 g/mol. The van der Waals surface area contributed by atoms with Gasteiger partial charge < -0.3 is 5.32 Å². The van der Waals surface area contributed by atoms with Crippen molar-refractivity contribution in [2.24, 2.45) is 0 Å². The fourth-order valence-corrected chi connectivity index (χ4v) is 3.02. The third-order valence-electron chi connectivity index (χ3n) is 4.40. The average Bonchev–Trinajstić information content (AvgIpc) is 3.32. The highest BCUT2D eigenvalue weighted by atomic mass is 15.4. The SMILES string of the molecule is Cc1cc(C)n(-c2ccc(NC(C)c3ccc(-n4cccn4)cc3)nn2)n1. The van der Waals surface area contributed by atoms with Gasteiger partial charge >= 0.3 is 0 Å². The molecular formula is C20H21N7. The summed E-state index contributed by atoms with van der Waals surface area (Å²) in [6.07, 6.45) is 3.70. The Hall–Kier alpha value is -3.48. The van der Waals surface area contributed by atoms with Gasteiger partial charge in [-0.25, -0.2) is 9.36 Å². The molecule has 27 heavy (non-hydrogen) atoms. The Morgan fingerprint density at radius 3 is 2.41 bits per heavy atom. The van der Waals surface area contributed by atoms with Crippen molar-refractivity contribution in [2.75, 3.05) is 5.32 Å². The van der Waals surface area contributed by atoms with Gasteiger partial charge in [0.05, 0.1) is 17.4 Å². The van der Waals surface area contributed by atoms with Crippen LogP contribution in [0.5, 0.6) is 0 Å². The van der Waals surface area contributed by atoms with Crippen molar-refractivity contribution in [2.45, 2.75) is 26.8 Å². The molecule has 0 amide bonds. The average molecular weight is 359 g/mol. The van der Waals surface area contributed by atoms with Crippen molar-refractivity contribution < 1.29 is 0 Å². The van der Waals surface area contributed by atoms with Crippen molar-refractivity contribution in [3.8, 4) is 11.5 Å². The van der Waals surface area contributed by atoms with Gasteiger partial charge in [-0.2, -0.15) is 10.2 Å². The predicted molar refractivity (Wildman–Crippen MR) is 104 cm³/mol. The lowest BCUT2D eigenvalue weighted by Crippen LogP contribution is -2.10. The molecule has 136 valence electrons. The maximum atomic E-state index is 4.43. The number of benzene rings is 1. The van der Waals surface area contributed by atoms with Crippen LogP contribution in [0.4, 0.5) is 5.82 Å². The van der Waals surface area contributed by atoms with Crippen LogP contribution in [0.3, 0.4) is 0 Å². The zero-order valence-corrected chi connectivity index (χ0v) is 15.5. The summed E-state index contributed by atoms with van der Waals surface area (Å²) in [7, 11) is 0. The van der Waals surface area contributed by atoms with E-state index in [0.717, 1.165) is 28.5 Å². The molecule has 0 spiro atoms. The highest BCUT2D eigenvalue weighted by Gasteiger charge is 2.09. The highest BCUT2D eigenvalue weighted by Crippen LogP contribution is 2.20. The molecule has 7 nitrogen and oxygen atoms in total. The molecule has 3 heterocycles. The van der Waals surface area contributed by atoms with Crippen LogP contribution in [-0.4, -0.2) is 29.8 Å². The summed E-state index contributed by atoms with van der Waals surface area (Å²) in [6.45, 7) is 6.06. The first kappa shape index (κ1) is 17.0. The van der Waals surface area contributed by atoms with Gasteiger partial charge in [0, 0.05) is 18.1 Å². The fraction of sp³-hybridized carbons (Fsp3) is 0.200. The second-order valence-corrected chi connectivity index (χ2v) is 6.52. The quantitative estimate of drug-likeness (QED) is 0.589. The third-order valence-corrected chi connectivity index (χ3v) is 4.40. The smallest absolute Gasteiger partial charge is 0.176 e. The van der Waals surface area contributed by atoms with Gasteiger partial charge in [-0.3, -0.25) is 0 Å². The Kier molecular flexibility index (Phi) is 4.42. The minimum absolute atomic E-state index is 0.102. The maximum absolute atomic E-state index is 4.43. The number of rotatable bonds is 5. The molecule has 0 aliphatic heterocycles. The summed E-state index contributed by atoms with van der Waals surface area (Å²) in [5, 5.41) is 20.7. The molecule has 3 aromatic heterocycles. The van der Waals surface area contributed by atoms with Crippen molar-refractivity contribution in [3.05, 3.63) is 77.9 Å². The molecule has 0 aliphatic carbocycles. The molecule has 0 saturated heterocycles. The standard InChI is InChI=1S/C20H21N7/c1-14-13-15(2)27(25-14)20-10-9-19(23-24-20)22-16(3)17-5-7-18(8-6-17)26-12-4-11-21-26/h4-13,16H,1-3H3,(H,22,23). The molecule has 0 aliphatic rings. The number of anilines is 1. The van der Waals surface area contributed by atoms with E-state index < -0.39 is 0 Å². The zero-order valence-electron chi connectivity index (χ0n) is 15.5. The largest absolute Gasteiger partial charge is 0.362 e. The second kappa shape index (κ2) is 7.03. The summed E-state index contributed by atoms with van der Waals surface area (Å²) < 4.78 is 3.63. The molecule has 0 radical (unpaired) electrons. The Morgan fingerprint density at radius 2 is 1.81 bits per heavy atom. The number of hydrogen-bond donors (Lipinski definition) is 1. The molecule has 0 fully saturated rings. The van der Waals surface area contributed by atoms with E-state index >= 15 is 0 Å². The first-order valence-electron chi connectivity index (χ1n) is 8.84. The summed E-state index contributed by atoms with van der Waals surface area (Å²) in [4.78, 5) is 0. The predicted octanol–water partition coefficient (Wildman–Crippen LogP) is 3.64. The number of hydrogen-bond acceptors (Lipinski definition) is 5. The van der Waals surface area contributed by atoms with Crippen LogP contribution in [0.15, 0.2) is 60.9 Å². The topological polar surface area (TPSA) is 73.5 Å². The van der Waals surface area contributed by atoms with Crippen LogP contribution in [0.25, 0.3) is 11.5 Å². The fourth-order valence-electron chi connectivity index (χ4n) is 3.02. The van der Waals surface area contributed by atoms with E-state index in [1.807, 2.05) is 49.0 Å². The first-order valence-corrected chi connectivity index (χ1v) is 8.84. The summed E-state index contributed by atoms with van der Waals surface area (Å²) in [5.41, 5.74) is 4.19. The molecule has 4 aromatic rings. The van der Waals surface area contributed by atoms with Crippen molar-refractivity contribution in [1.82, 2.24) is 29.8 Å². The first-order chi connectivity index (χ1) is 13.1. The molecule has 0 bridgehead atoms. The van der Waals surface area contributed by atoms with Crippen LogP contribution in [0.1, 0.15) is 29.9 Å². The number of aromatic nitrogens is 6. The maximum Gasteiger partial charge on any atom is 0.176 e. The molecule has 7 heteroatoms. The summed E-state index contributed by atoms with van der Waals surface area (Å²) >= 11 is 0. The van der Waals surface area contributed by atoms with Crippen LogP contribution < -0.4 is 5.32 Å². The summed E-state index contributed by atoms with van der Waals surface area (Å²) in [6, 6.07) is 16.2. The molecule has 1 atom stereocenters. The number of aryl methyl sites for hydroxylation is 2. The van der Waals surface area contributed by atoms with E-state index in [1.165, 1.54) is 0 Å². The lowest BCUT2D eigenvalue weighted by atomic mass is 10.1. The van der Waals surface area contributed by atoms with Gasteiger partial charge in [0.2, 0.25) is 0 Å². The lowest BCUT2D eigenvalue weighted by molar-refractivity contribution is 0.776.